The van der Waals surface area contributed by atoms with Crippen molar-refractivity contribution < 1.29 is 19.1 Å². The molecule has 0 saturated heterocycles. The third kappa shape index (κ3) is 6.31. The van der Waals surface area contributed by atoms with E-state index < -0.39 is 5.91 Å². The van der Waals surface area contributed by atoms with Crippen LogP contribution in [0.3, 0.4) is 0 Å². The summed E-state index contributed by atoms with van der Waals surface area (Å²) in [6.45, 7) is 2.44. The molecular weight excluding hydrogens is 249 g/mol. The van der Waals surface area contributed by atoms with Crippen molar-refractivity contribution in [3.05, 3.63) is 35.6 Å². The Kier molecular flexibility index (Phi) is 7.07. The molecule has 5 heteroatoms. The summed E-state index contributed by atoms with van der Waals surface area (Å²) in [5.41, 5.74) is 2.50. The highest BCUT2D eigenvalue weighted by molar-refractivity contribution is 5.74. The molecule has 0 heterocycles. The van der Waals surface area contributed by atoms with E-state index >= 15 is 0 Å². The Balaban J connectivity index is 2.40. The van der Waals surface area contributed by atoms with E-state index in [2.05, 4.69) is 0 Å². The molecule has 0 fully saturated rings. The molecule has 0 saturated carbocycles. The highest BCUT2D eigenvalue weighted by Crippen LogP contribution is 2.13. The summed E-state index contributed by atoms with van der Waals surface area (Å²) >= 11 is 0. The van der Waals surface area contributed by atoms with E-state index in [9.17, 15) is 9.18 Å². The van der Waals surface area contributed by atoms with Crippen molar-refractivity contribution in [3.63, 3.8) is 0 Å². The SMILES string of the molecule is CCCC(CCC(=O)NO)OCc1ccc(F)cc1. The van der Waals surface area contributed by atoms with Crippen LogP contribution in [0, 0.1) is 5.82 Å². The monoisotopic (exact) mass is 269 g/mol. The molecule has 1 unspecified atom stereocenters. The molecule has 0 spiro atoms. The fraction of sp³-hybridized carbons (Fsp3) is 0.500. The first kappa shape index (κ1) is 15.6. The molecule has 1 atom stereocenters. The van der Waals surface area contributed by atoms with Crippen molar-refractivity contribution in [2.24, 2.45) is 0 Å². The van der Waals surface area contributed by atoms with Gasteiger partial charge in [0.05, 0.1) is 12.7 Å². The lowest BCUT2D eigenvalue weighted by molar-refractivity contribution is -0.130. The Morgan fingerprint density at radius 3 is 2.63 bits per heavy atom. The molecule has 0 aromatic heterocycles. The molecule has 1 rings (SSSR count). The van der Waals surface area contributed by atoms with E-state index in [0.29, 0.717) is 13.0 Å². The Hall–Kier alpha value is -1.46. The Morgan fingerprint density at radius 1 is 1.37 bits per heavy atom. The Bertz CT molecular complexity index is 381. The predicted molar refractivity (Wildman–Crippen MR) is 69.0 cm³/mol. The normalized spacial score (nSPS) is 12.2. The first-order chi connectivity index (χ1) is 9.15. The minimum atomic E-state index is -0.411. The lowest BCUT2D eigenvalue weighted by atomic mass is 10.1. The van der Waals surface area contributed by atoms with Crippen LogP contribution in [0.25, 0.3) is 0 Å². The number of hydrogen-bond acceptors (Lipinski definition) is 3. The second-order valence-electron chi connectivity index (χ2n) is 4.42. The fourth-order valence-electron chi connectivity index (χ4n) is 1.78. The van der Waals surface area contributed by atoms with Gasteiger partial charge in [0.25, 0.3) is 0 Å². The molecular formula is C14H20FNO3. The molecule has 4 nitrogen and oxygen atoms in total. The number of hydroxylamine groups is 1. The first-order valence-electron chi connectivity index (χ1n) is 6.44. The van der Waals surface area contributed by atoms with Gasteiger partial charge in [-0.05, 0) is 30.5 Å². The molecule has 106 valence electrons. The summed E-state index contributed by atoms with van der Waals surface area (Å²) in [7, 11) is 0. The minimum Gasteiger partial charge on any atom is -0.374 e. The molecule has 2 N–H and O–H groups in total. The maximum Gasteiger partial charge on any atom is 0.243 e. The average molecular weight is 269 g/mol. The number of rotatable bonds is 8. The van der Waals surface area contributed by atoms with Gasteiger partial charge in [0.2, 0.25) is 5.91 Å². The lowest BCUT2D eigenvalue weighted by Crippen LogP contribution is -2.21. The molecule has 0 aliphatic heterocycles. The van der Waals surface area contributed by atoms with Crippen LogP contribution in [-0.2, 0) is 16.1 Å². The van der Waals surface area contributed by atoms with E-state index in [1.165, 1.54) is 12.1 Å². The fourth-order valence-corrected chi connectivity index (χ4v) is 1.78. The Labute approximate surface area is 112 Å². The summed E-state index contributed by atoms with van der Waals surface area (Å²) < 4.78 is 18.5. The zero-order chi connectivity index (χ0) is 14.1. The molecule has 0 aliphatic carbocycles. The van der Waals surface area contributed by atoms with Crippen LogP contribution in [0.2, 0.25) is 0 Å². The molecule has 0 aliphatic rings. The van der Waals surface area contributed by atoms with Gasteiger partial charge in [-0.2, -0.15) is 0 Å². The zero-order valence-corrected chi connectivity index (χ0v) is 11.1. The van der Waals surface area contributed by atoms with Crippen LogP contribution in [0.15, 0.2) is 24.3 Å². The summed E-state index contributed by atoms with van der Waals surface area (Å²) in [5, 5.41) is 8.44. The maximum absolute atomic E-state index is 12.7. The summed E-state index contributed by atoms with van der Waals surface area (Å²) in [5.74, 6) is -0.681. The lowest BCUT2D eigenvalue weighted by Gasteiger charge is -2.16. The van der Waals surface area contributed by atoms with Crippen LogP contribution in [0.4, 0.5) is 4.39 Å². The van der Waals surface area contributed by atoms with Gasteiger partial charge in [-0.3, -0.25) is 10.0 Å². The van der Waals surface area contributed by atoms with Crippen LogP contribution in [-0.4, -0.2) is 17.2 Å². The van der Waals surface area contributed by atoms with E-state index in [-0.39, 0.29) is 18.3 Å². The predicted octanol–water partition coefficient (Wildman–Crippen LogP) is 2.80. The number of benzene rings is 1. The molecule has 0 radical (unpaired) electrons. The van der Waals surface area contributed by atoms with Gasteiger partial charge in [0.15, 0.2) is 0 Å². The highest BCUT2D eigenvalue weighted by atomic mass is 19.1. The number of amides is 1. The smallest absolute Gasteiger partial charge is 0.243 e. The van der Waals surface area contributed by atoms with Gasteiger partial charge in [0, 0.05) is 6.42 Å². The molecule has 1 aromatic carbocycles. The second kappa shape index (κ2) is 8.61. The number of ether oxygens (including phenoxy) is 1. The van der Waals surface area contributed by atoms with Gasteiger partial charge >= 0.3 is 0 Å². The largest absolute Gasteiger partial charge is 0.374 e. The molecule has 19 heavy (non-hydrogen) atoms. The third-order valence-electron chi connectivity index (χ3n) is 2.83. The van der Waals surface area contributed by atoms with Crippen LogP contribution >= 0.6 is 0 Å². The zero-order valence-electron chi connectivity index (χ0n) is 11.1. The van der Waals surface area contributed by atoms with Gasteiger partial charge in [-0.1, -0.05) is 25.5 Å². The van der Waals surface area contributed by atoms with Crippen molar-refractivity contribution in [1.29, 1.82) is 0 Å². The van der Waals surface area contributed by atoms with Gasteiger partial charge in [-0.25, -0.2) is 9.87 Å². The van der Waals surface area contributed by atoms with E-state index in [4.69, 9.17) is 9.94 Å². The van der Waals surface area contributed by atoms with Crippen molar-refractivity contribution in [2.45, 2.75) is 45.3 Å². The standard InChI is InChI=1S/C14H20FNO3/c1-2-3-13(8-9-14(17)16-18)19-10-11-4-6-12(15)7-5-11/h4-7,13,18H,2-3,8-10H2,1H3,(H,16,17). The molecule has 1 aromatic rings. The van der Waals surface area contributed by atoms with E-state index in [1.54, 1.807) is 17.6 Å². The van der Waals surface area contributed by atoms with Crippen molar-refractivity contribution in [1.82, 2.24) is 5.48 Å². The maximum atomic E-state index is 12.7. The number of nitrogens with one attached hydrogen (secondary N) is 1. The number of carbonyl (C=O) groups excluding carboxylic acids is 1. The van der Waals surface area contributed by atoms with Crippen molar-refractivity contribution >= 4 is 5.91 Å². The van der Waals surface area contributed by atoms with Crippen molar-refractivity contribution in [2.75, 3.05) is 0 Å². The number of carbonyl (C=O) groups is 1. The summed E-state index contributed by atoms with van der Waals surface area (Å²) in [6, 6.07) is 6.15. The van der Waals surface area contributed by atoms with E-state index in [1.807, 2.05) is 6.92 Å². The quantitative estimate of drug-likeness (QED) is 0.563. The summed E-state index contributed by atoms with van der Waals surface area (Å²) in [6.07, 6.45) is 2.55. The first-order valence-corrected chi connectivity index (χ1v) is 6.44. The Morgan fingerprint density at radius 2 is 2.05 bits per heavy atom. The van der Waals surface area contributed by atoms with Gasteiger partial charge < -0.3 is 4.74 Å². The van der Waals surface area contributed by atoms with Gasteiger partial charge in [-0.15, -0.1) is 0 Å². The van der Waals surface area contributed by atoms with Crippen LogP contribution in [0.5, 0.6) is 0 Å². The third-order valence-corrected chi connectivity index (χ3v) is 2.83. The molecule has 1 amide bonds. The van der Waals surface area contributed by atoms with E-state index in [0.717, 1.165) is 18.4 Å². The van der Waals surface area contributed by atoms with Gasteiger partial charge in [0.1, 0.15) is 5.82 Å². The number of hydrogen-bond donors (Lipinski definition) is 2. The highest BCUT2D eigenvalue weighted by Gasteiger charge is 2.11. The minimum absolute atomic E-state index is 0.0349. The van der Waals surface area contributed by atoms with Crippen LogP contribution < -0.4 is 5.48 Å². The number of halogens is 1. The topological polar surface area (TPSA) is 58.6 Å². The molecule has 0 bridgehead atoms. The second-order valence-corrected chi connectivity index (χ2v) is 4.42. The summed E-state index contributed by atoms with van der Waals surface area (Å²) in [4.78, 5) is 11.0. The van der Waals surface area contributed by atoms with Crippen molar-refractivity contribution in [3.8, 4) is 0 Å². The van der Waals surface area contributed by atoms with Crippen LogP contribution in [0.1, 0.15) is 38.2 Å². The average Bonchev–Trinajstić information content (AvgIpc) is 2.43.